The van der Waals surface area contributed by atoms with Crippen LogP contribution in [0.5, 0.6) is 0 Å². The van der Waals surface area contributed by atoms with Crippen molar-refractivity contribution in [1.29, 1.82) is 0 Å². The molecule has 1 heterocycles. The number of hydrogen-bond donors (Lipinski definition) is 1. The van der Waals surface area contributed by atoms with Crippen LogP contribution in [0.1, 0.15) is 64.9 Å². The largest absolute Gasteiger partial charge is 0.393 e. The summed E-state index contributed by atoms with van der Waals surface area (Å²) in [5.74, 6) is 2.82. The highest BCUT2D eigenvalue weighted by Gasteiger charge is 2.58. The van der Waals surface area contributed by atoms with E-state index >= 15 is 0 Å². The number of allylic oxidation sites excluding steroid dienone is 3. The van der Waals surface area contributed by atoms with Crippen molar-refractivity contribution in [3.8, 4) is 0 Å². The molecule has 4 aliphatic carbocycles. The highest BCUT2D eigenvalue weighted by atomic mass is 16.3. The minimum Gasteiger partial charge on any atom is -0.393 e. The van der Waals surface area contributed by atoms with Gasteiger partial charge in [0.05, 0.1) is 6.10 Å². The predicted molar refractivity (Wildman–Crippen MR) is 108 cm³/mol. The minimum absolute atomic E-state index is 0.125. The molecular formula is C24H32N2O. The summed E-state index contributed by atoms with van der Waals surface area (Å²) in [5, 5.41) is 10.2. The van der Waals surface area contributed by atoms with Gasteiger partial charge in [-0.05, 0) is 78.6 Å². The lowest BCUT2D eigenvalue weighted by Gasteiger charge is -2.59. The summed E-state index contributed by atoms with van der Waals surface area (Å²) in [4.78, 5) is 8.56. The Hall–Kier alpha value is -1.48. The summed E-state index contributed by atoms with van der Waals surface area (Å²) in [5.41, 5.74) is 4.80. The lowest BCUT2D eigenvalue weighted by atomic mass is 9.45. The van der Waals surface area contributed by atoms with E-state index in [0.29, 0.717) is 17.3 Å². The number of rotatable bonds is 1. The van der Waals surface area contributed by atoms with Gasteiger partial charge in [-0.2, -0.15) is 0 Å². The van der Waals surface area contributed by atoms with Gasteiger partial charge in [-0.15, -0.1) is 0 Å². The Morgan fingerprint density at radius 1 is 1.04 bits per heavy atom. The maximum absolute atomic E-state index is 10.2. The Labute approximate surface area is 163 Å². The van der Waals surface area contributed by atoms with Crippen LogP contribution in [0.25, 0.3) is 5.57 Å². The highest BCUT2D eigenvalue weighted by Crippen LogP contribution is 2.67. The predicted octanol–water partition coefficient (Wildman–Crippen LogP) is 5.04. The molecule has 0 radical (unpaired) electrons. The summed E-state index contributed by atoms with van der Waals surface area (Å²) in [6.45, 7) is 7.43. The van der Waals surface area contributed by atoms with Crippen LogP contribution in [0.4, 0.5) is 0 Å². The van der Waals surface area contributed by atoms with Crippen LogP contribution < -0.4 is 0 Å². The first-order valence-corrected chi connectivity index (χ1v) is 10.8. The highest BCUT2D eigenvalue weighted by molar-refractivity contribution is 5.72. The molecule has 27 heavy (non-hydrogen) atoms. The fourth-order valence-electron chi connectivity index (χ4n) is 7.46. The lowest BCUT2D eigenvalue weighted by Crippen LogP contribution is -2.52. The molecule has 1 aromatic heterocycles. The third-order valence-corrected chi connectivity index (χ3v) is 8.86. The molecule has 0 aromatic carbocycles. The number of aromatic nitrogens is 2. The average Bonchev–Trinajstić information content (AvgIpc) is 3.01. The van der Waals surface area contributed by atoms with Gasteiger partial charge >= 0.3 is 0 Å². The second kappa shape index (κ2) is 6.01. The molecule has 1 aromatic rings. The van der Waals surface area contributed by atoms with Gasteiger partial charge in [0, 0.05) is 18.0 Å². The maximum Gasteiger partial charge on any atom is 0.115 e. The van der Waals surface area contributed by atoms with Crippen molar-refractivity contribution < 1.29 is 5.11 Å². The van der Waals surface area contributed by atoms with E-state index in [4.69, 9.17) is 0 Å². The van der Waals surface area contributed by atoms with Crippen molar-refractivity contribution in [1.82, 2.24) is 9.97 Å². The molecule has 1 unspecified atom stereocenters. The average molecular weight is 365 g/mol. The molecule has 7 atom stereocenters. The van der Waals surface area contributed by atoms with E-state index in [1.165, 1.54) is 30.4 Å². The van der Waals surface area contributed by atoms with Crippen molar-refractivity contribution in [2.45, 2.75) is 65.4 Å². The lowest BCUT2D eigenvalue weighted by molar-refractivity contribution is -0.0425. The molecule has 0 aliphatic heterocycles. The van der Waals surface area contributed by atoms with E-state index in [-0.39, 0.29) is 11.5 Å². The van der Waals surface area contributed by atoms with Gasteiger partial charge in [-0.25, -0.2) is 9.97 Å². The fourth-order valence-corrected chi connectivity index (χ4v) is 7.46. The normalized spacial score (nSPS) is 46.0. The smallest absolute Gasteiger partial charge is 0.115 e. The molecule has 3 nitrogen and oxygen atoms in total. The molecule has 0 amide bonds. The molecule has 144 valence electrons. The summed E-state index contributed by atoms with van der Waals surface area (Å²) in [7, 11) is 0. The Morgan fingerprint density at radius 2 is 1.78 bits per heavy atom. The zero-order valence-corrected chi connectivity index (χ0v) is 16.9. The third kappa shape index (κ3) is 2.43. The third-order valence-electron chi connectivity index (χ3n) is 8.86. The van der Waals surface area contributed by atoms with Gasteiger partial charge in [0.25, 0.3) is 0 Å². The Bertz CT molecular complexity index is 800. The van der Waals surface area contributed by atoms with Crippen LogP contribution >= 0.6 is 0 Å². The van der Waals surface area contributed by atoms with Gasteiger partial charge < -0.3 is 5.11 Å². The van der Waals surface area contributed by atoms with Crippen LogP contribution in [-0.4, -0.2) is 21.2 Å². The molecule has 0 bridgehead atoms. The second-order valence-corrected chi connectivity index (χ2v) is 10.1. The molecule has 0 saturated heterocycles. The number of fused-ring (bicyclic) bond motifs is 5. The topological polar surface area (TPSA) is 46.0 Å². The van der Waals surface area contributed by atoms with E-state index in [1.54, 1.807) is 11.9 Å². The van der Waals surface area contributed by atoms with E-state index < -0.39 is 0 Å². The minimum atomic E-state index is -0.125. The van der Waals surface area contributed by atoms with E-state index in [2.05, 4.69) is 42.9 Å². The number of aliphatic hydroxyl groups is 1. The van der Waals surface area contributed by atoms with Gasteiger partial charge in [0.1, 0.15) is 6.33 Å². The van der Waals surface area contributed by atoms with Crippen molar-refractivity contribution >= 4 is 5.57 Å². The van der Waals surface area contributed by atoms with E-state index in [1.807, 2.05) is 12.4 Å². The van der Waals surface area contributed by atoms with Crippen LogP contribution in [0.3, 0.4) is 0 Å². The van der Waals surface area contributed by atoms with Crippen LogP contribution in [-0.2, 0) is 0 Å². The number of nitrogens with zero attached hydrogens (tertiary/aromatic N) is 2. The Morgan fingerprint density at radius 3 is 2.56 bits per heavy atom. The monoisotopic (exact) mass is 364 g/mol. The molecule has 3 heteroatoms. The summed E-state index contributed by atoms with van der Waals surface area (Å²) < 4.78 is 0. The van der Waals surface area contributed by atoms with E-state index in [0.717, 1.165) is 31.1 Å². The summed E-state index contributed by atoms with van der Waals surface area (Å²) >= 11 is 0. The van der Waals surface area contributed by atoms with Crippen LogP contribution in [0.2, 0.25) is 0 Å². The second-order valence-electron chi connectivity index (χ2n) is 10.1. The van der Waals surface area contributed by atoms with Gasteiger partial charge in [0.2, 0.25) is 0 Å². The quantitative estimate of drug-likeness (QED) is 0.710. The van der Waals surface area contributed by atoms with Crippen molar-refractivity contribution in [3.63, 3.8) is 0 Å². The van der Waals surface area contributed by atoms with E-state index in [9.17, 15) is 5.11 Å². The Kier molecular flexibility index (Phi) is 3.92. The summed E-state index contributed by atoms with van der Waals surface area (Å²) in [6.07, 6.45) is 17.3. The SMILES string of the molecule is C[C@H]1C=C2CC(O)CC[C@]2(C)[C@H]2CC[C@]3(C)C(c4cncnc4)=CC[C@H]3[C@H]12. The molecule has 2 fully saturated rings. The molecule has 1 N–H and O–H groups in total. The standard InChI is InChI=1S/C24H32N2O/c1-15-10-17-11-18(27)6-8-23(17,2)21-7-9-24(3)19(4-5-20(24)22(15)21)16-12-25-14-26-13-16/h4,10,12-15,18,20-22,27H,5-9,11H2,1-3H3/t15-,18?,20-,21-,22-,23-,24+/m0/s1. The fraction of sp³-hybridized carbons (Fsp3) is 0.667. The van der Waals surface area contributed by atoms with Crippen molar-refractivity contribution in [2.24, 2.45) is 34.5 Å². The first-order valence-electron chi connectivity index (χ1n) is 10.8. The molecular weight excluding hydrogens is 332 g/mol. The zero-order chi connectivity index (χ0) is 18.8. The molecule has 2 saturated carbocycles. The molecule has 4 aliphatic rings. The summed E-state index contributed by atoms with van der Waals surface area (Å²) in [6, 6.07) is 0. The zero-order valence-electron chi connectivity index (χ0n) is 16.9. The van der Waals surface area contributed by atoms with Crippen molar-refractivity contribution in [2.75, 3.05) is 0 Å². The first-order chi connectivity index (χ1) is 12.9. The number of aliphatic hydroxyl groups excluding tert-OH is 1. The van der Waals surface area contributed by atoms with Gasteiger partial charge in [-0.1, -0.05) is 38.5 Å². The van der Waals surface area contributed by atoms with Gasteiger partial charge in [-0.3, -0.25) is 0 Å². The maximum atomic E-state index is 10.2. The van der Waals surface area contributed by atoms with Gasteiger partial charge in [0.15, 0.2) is 0 Å². The molecule has 0 spiro atoms. The van der Waals surface area contributed by atoms with Crippen molar-refractivity contribution in [3.05, 3.63) is 42.0 Å². The van der Waals surface area contributed by atoms with Crippen LogP contribution in [0.15, 0.2) is 36.4 Å². The van der Waals surface area contributed by atoms with Crippen LogP contribution in [0, 0.1) is 34.5 Å². The number of hydrogen-bond acceptors (Lipinski definition) is 3. The molecule has 5 rings (SSSR count). The Balaban J connectivity index is 1.52. The first kappa shape index (κ1) is 17.6.